The zero-order chi connectivity index (χ0) is 13.0. The maximum absolute atomic E-state index is 11.7. The average Bonchev–Trinajstić information content (AvgIpc) is 2.76. The Balaban J connectivity index is 2.63. The highest BCUT2D eigenvalue weighted by molar-refractivity contribution is 7.98. The smallest absolute Gasteiger partial charge is 0.308 e. The van der Waals surface area contributed by atoms with Gasteiger partial charge in [0.15, 0.2) is 10.9 Å². The molecule has 94 valence electrons. The summed E-state index contributed by atoms with van der Waals surface area (Å²) in [6.45, 7) is 3.19. The van der Waals surface area contributed by atoms with Gasteiger partial charge in [-0.2, -0.15) is 0 Å². The first-order valence-electron chi connectivity index (χ1n) is 5.13. The minimum Gasteiger partial charge on any atom is -0.481 e. The molecule has 0 aliphatic rings. The van der Waals surface area contributed by atoms with E-state index in [1.54, 1.807) is 26.0 Å². The van der Waals surface area contributed by atoms with Crippen LogP contribution in [-0.4, -0.2) is 29.3 Å². The van der Waals surface area contributed by atoms with Gasteiger partial charge < -0.3 is 14.8 Å². The van der Waals surface area contributed by atoms with Crippen LogP contribution in [0.1, 0.15) is 24.4 Å². The normalized spacial score (nSPS) is 14.1. The van der Waals surface area contributed by atoms with Crippen molar-refractivity contribution >= 4 is 23.6 Å². The molecule has 0 aromatic carbocycles. The van der Waals surface area contributed by atoms with Crippen LogP contribution in [0.5, 0.6) is 0 Å². The Morgan fingerprint density at radius 3 is 2.53 bits per heavy atom. The lowest BCUT2D eigenvalue weighted by molar-refractivity contribution is -0.141. The van der Waals surface area contributed by atoms with E-state index in [1.807, 2.05) is 6.26 Å². The van der Waals surface area contributed by atoms with Gasteiger partial charge in [0.2, 0.25) is 0 Å². The summed E-state index contributed by atoms with van der Waals surface area (Å²) in [7, 11) is 0. The number of carbonyl (C=O) groups excluding carboxylic acids is 1. The molecule has 2 N–H and O–H groups in total. The summed E-state index contributed by atoms with van der Waals surface area (Å²) in [5.74, 6) is -1.79. The number of thioether (sulfide) groups is 1. The number of hydrogen-bond acceptors (Lipinski definition) is 4. The van der Waals surface area contributed by atoms with Gasteiger partial charge in [0.05, 0.1) is 5.92 Å². The molecule has 1 rings (SSSR count). The fraction of sp³-hybridized carbons (Fsp3) is 0.455. The van der Waals surface area contributed by atoms with Crippen molar-refractivity contribution in [2.75, 3.05) is 6.26 Å². The maximum Gasteiger partial charge on any atom is 0.308 e. The highest BCUT2D eigenvalue weighted by atomic mass is 32.2. The van der Waals surface area contributed by atoms with Crippen molar-refractivity contribution in [3.05, 3.63) is 17.9 Å². The molecule has 1 aromatic heterocycles. The van der Waals surface area contributed by atoms with Gasteiger partial charge in [-0.15, -0.1) is 0 Å². The molecule has 0 radical (unpaired) electrons. The standard InChI is InChI=1S/C11H15NO4S/c1-6(11(14)15)7(2)12-10(13)8-4-5-9(16-8)17-3/h4-7H,1-3H3,(H,12,13)(H,14,15). The van der Waals surface area contributed by atoms with Crippen LogP contribution < -0.4 is 5.32 Å². The van der Waals surface area contributed by atoms with E-state index in [1.165, 1.54) is 11.8 Å². The summed E-state index contributed by atoms with van der Waals surface area (Å²) < 4.78 is 5.24. The van der Waals surface area contributed by atoms with E-state index in [0.717, 1.165) is 0 Å². The van der Waals surface area contributed by atoms with Gasteiger partial charge in [0, 0.05) is 6.04 Å². The zero-order valence-corrected chi connectivity index (χ0v) is 10.7. The van der Waals surface area contributed by atoms with Crippen molar-refractivity contribution < 1.29 is 19.1 Å². The van der Waals surface area contributed by atoms with E-state index >= 15 is 0 Å². The van der Waals surface area contributed by atoms with Gasteiger partial charge in [0.1, 0.15) is 0 Å². The van der Waals surface area contributed by atoms with E-state index in [4.69, 9.17) is 9.52 Å². The summed E-state index contributed by atoms with van der Waals surface area (Å²) in [5, 5.41) is 12.0. The third-order valence-corrected chi connectivity index (χ3v) is 3.13. The number of carboxylic acids is 1. The lowest BCUT2D eigenvalue weighted by atomic mass is 10.0. The lowest BCUT2D eigenvalue weighted by Crippen LogP contribution is -2.39. The molecule has 2 unspecified atom stereocenters. The number of aliphatic carboxylic acids is 1. The lowest BCUT2D eigenvalue weighted by Gasteiger charge is -2.16. The second-order valence-electron chi connectivity index (χ2n) is 3.71. The number of nitrogens with one attached hydrogen (secondary N) is 1. The van der Waals surface area contributed by atoms with Crippen LogP contribution in [0.2, 0.25) is 0 Å². The third kappa shape index (κ3) is 3.52. The van der Waals surface area contributed by atoms with Crippen LogP contribution in [-0.2, 0) is 4.79 Å². The molecule has 2 atom stereocenters. The van der Waals surface area contributed by atoms with Crippen molar-refractivity contribution in [1.29, 1.82) is 0 Å². The van der Waals surface area contributed by atoms with Crippen LogP contribution in [0.15, 0.2) is 21.6 Å². The van der Waals surface area contributed by atoms with Crippen LogP contribution in [0, 0.1) is 5.92 Å². The van der Waals surface area contributed by atoms with Gasteiger partial charge in [-0.1, -0.05) is 11.8 Å². The fourth-order valence-corrected chi connectivity index (χ4v) is 1.55. The van der Waals surface area contributed by atoms with Gasteiger partial charge in [-0.05, 0) is 32.2 Å². The molecule has 6 heteroatoms. The number of amides is 1. The van der Waals surface area contributed by atoms with E-state index in [-0.39, 0.29) is 5.76 Å². The molecule has 0 spiro atoms. The summed E-state index contributed by atoms with van der Waals surface area (Å²) >= 11 is 1.40. The maximum atomic E-state index is 11.7. The second-order valence-corrected chi connectivity index (χ2v) is 4.52. The van der Waals surface area contributed by atoms with E-state index in [2.05, 4.69) is 5.32 Å². The van der Waals surface area contributed by atoms with Crippen molar-refractivity contribution in [3.63, 3.8) is 0 Å². The minimum absolute atomic E-state index is 0.193. The SMILES string of the molecule is CSc1ccc(C(=O)NC(C)C(C)C(=O)O)o1. The number of furan rings is 1. The van der Waals surface area contributed by atoms with Crippen LogP contribution in [0.25, 0.3) is 0 Å². The Morgan fingerprint density at radius 2 is 2.06 bits per heavy atom. The molecule has 0 aliphatic carbocycles. The van der Waals surface area contributed by atoms with Crippen molar-refractivity contribution in [3.8, 4) is 0 Å². The molecular formula is C11H15NO4S. The Morgan fingerprint density at radius 1 is 1.41 bits per heavy atom. The highest BCUT2D eigenvalue weighted by Gasteiger charge is 2.22. The number of rotatable bonds is 5. The minimum atomic E-state index is -0.943. The van der Waals surface area contributed by atoms with Gasteiger partial charge in [-0.25, -0.2) is 0 Å². The third-order valence-electron chi connectivity index (χ3n) is 2.50. The summed E-state index contributed by atoms with van der Waals surface area (Å²) in [4.78, 5) is 22.4. The monoisotopic (exact) mass is 257 g/mol. The zero-order valence-electron chi connectivity index (χ0n) is 9.89. The Hall–Kier alpha value is -1.43. The average molecular weight is 257 g/mol. The van der Waals surface area contributed by atoms with Crippen LogP contribution >= 0.6 is 11.8 Å². The largest absolute Gasteiger partial charge is 0.481 e. The number of carbonyl (C=O) groups is 2. The topological polar surface area (TPSA) is 79.5 Å². The van der Waals surface area contributed by atoms with E-state index in [9.17, 15) is 9.59 Å². The number of hydrogen-bond donors (Lipinski definition) is 2. The molecule has 5 nitrogen and oxygen atoms in total. The van der Waals surface area contributed by atoms with Crippen molar-refractivity contribution in [1.82, 2.24) is 5.32 Å². The highest BCUT2D eigenvalue weighted by Crippen LogP contribution is 2.18. The molecule has 0 aliphatic heterocycles. The Bertz CT molecular complexity index is 415. The Labute approximate surface area is 104 Å². The first-order valence-corrected chi connectivity index (χ1v) is 6.35. The number of carboxylic acid groups (broad SMARTS) is 1. The molecule has 0 saturated carbocycles. The van der Waals surface area contributed by atoms with Crippen LogP contribution in [0.3, 0.4) is 0 Å². The molecule has 0 saturated heterocycles. The first kappa shape index (κ1) is 13.6. The summed E-state index contributed by atoms with van der Waals surface area (Å²) in [6.07, 6.45) is 1.84. The van der Waals surface area contributed by atoms with Crippen LogP contribution in [0.4, 0.5) is 0 Å². The molecule has 1 aromatic rings. The predicted octanol–water partition coefficient (Wildman–Crippen LogP) is 1.84. The van der Waals surface area contributed by atoms with Gasteiger partial charge >= 0.3 is 5.97 Å². The van der Waals surface area contributed by atoms with Crippen molar-refractivity contribution in [2.45, 2.75) is 25.0 Å². The summed E-state index contributed by atoms with van der Waals surface area (Å²) in [5.41, 5.74) is 0. The molecule has 1 heterocycles. The van der Waals surface area contributed by atoms with Gasteiger partial charge in [0.25, 0.3) is 5.91 Å². The predicted molar refractivity (Wildman–Crippen MR) is 64.2 cm³/mol. The molecular weight excluding hydrogens is 242 g/mol. The molecule has 0 fully saturated rings. The second kappa shape index (κ2) is 5.77. The molecule has 0 bridgehead atoms. The summed E-state index contributed by atoms with van der Waals surface area (Å²) in [6, 6.07) is 2.81. The quantitative estimate of drug-likeness (QED) is 0.787. The van der Waals surface area contributed by atoms with E-state index in [0.29, 0.717) is 5.09 Å². The molecule has 1 amide bonds. The molecule has 17 heavy (non-hydrogen) atoms. The Kier molecular flexibility index (Phi) is 4.62. The first-order chi connectivity index (χ1) is 7.95. The van der Waals surface area contributed by atoms with Crippen molar-refractivity contribution in [2.24, 2.45) is 5.92 Å². The van der Waals surface area contributed by atoms with Gasteiger partial charge in [-0.3, -0.25) is 9.59 Å². The van der Waals surface area contributed by atoms with E-state index < -0.39 is 23.8 Å². The fourth-order valence-electron chi connectivity index (χ4n) is 1.17.